The molecule has 0 radical (unpaired) electrons. The maximum atomic E-state index is 11.9. The zero-order chi connectivity index (χ0) is 14.4. The molecule has 0 aromatic carbocycles. The molecule has 1 aromatic rings. The summed E-state index contributed by atoms with van der Waals surface area (Å²) in [7, 11) is -3.29. The van der Waals surface area contributed by atoms with Gasteiger partial charge in [-0.1, -0.05) is 0 Å². The topological polar surface area (TPSA) is 73.3 Å². The minimum atomic E-state index is -3.29. The fourth-order valence-corrected chi connectivity index (χ4v) is 2.93. The number of ketones is 1. The van der Waals surface area contributed by atoms with Gasteiger partial charge in [-0.2, -0.15) is 0 Å². The van der Waals surface area contributed by atoms with Gasteiger partial charge in [0.15, 0.2) is 21.2 Å². The van der Waals surface area contributed by atoms with Crippen LogP contribution in [0.4, 0.5) is 0 Å². The Kier molecular flexibility index (Phi) is 3.30. The van der Waals surface area contributed by atoms with Crippen LogP contribution >= 0.6 is 15.9 Å². The van der Waals surface area contributed by atoms with Crippen LogP contribution in [-0.4, -0.2) is 31.0 Å². The Hall–Kier alpha value is -1.21. The predicted octanol–water partition coefficient (Wildman–Crippen LogP) is 1.93. The van der Waals surface area contributed by atoms with E-state index in [-0.39, 0.29) is 10.7 Å². The largest absolute Gasteiger partial charge is 0.476 e. The first-order valence-electron chi connectivity index (χ1n) is 5.43. The van der Waals surface area contributed by atoms with Crippen molar-refractivity contribution in [3.8, 4) is 0 Å². The van der Waals surface area contributed by atoms with Gasteiger partial charge in [-0.15, -0.1) is 0 Å². The third kappa shape index (κ3) is 2.57. The SMILES string of the molecule is CC1(C)OC(c2ccc(S(C)(=O)=O)cn2)=C(Br)C1=O. The lowest BCUT2D eigenvalue weighted by Crippen LogP contribution is -2.28. The van der Waals surface area contributed by atoms with Crippen molar-refractivity contribution in [2.45, 2.75) is 24.3 Å². The van der Waals surface area contributed by atoms with E-state index in [1.54, 1.807) is 13.8 Å². The number of ether oxygens (including phenoxy) is 1. The van der Waals surface area contributed by atoms with Crippen molar-refractivity contribution in [1.29, 1.82) is 0 Å². The number of nitrogens with zero attached hydrogens (tertiary/aromatic N) is 1. The van der Waals surface area contributed by atoms with E-state index in [0.29, 0.717) is 15.9 Å². The molecule has 7 heteroatoms. The number of Topliss-reactive ketones (excluding diaryl/α,β-unsaturated/α-hetero) is 1. The molecule has 5 nitrogen and oxygen atoms in total. The smallest absolute Gasteiger partial charge is 0.216 e. The predicted molar refractivity (Wildman–Crippen MR) is 73.4 cm³/mol. The first kappa shape index (κ1) is 14.2. The van der Waals surface area contributed by atoms with Crippen LogP contribution in [0.2, 0.25) is 0 Å². The normalized spacial score (nSPS) is 18.6. The van der Waals surface area contributed by atoms with Gasteiger partial charge in [-0.05, 0) is 41.9 Å². The second-order valence-electron chi connectivity index (χ2n) is 4.74. The maximum absolute atomic E-state index is 11.9. The highest BCUT2D eigenvalue weighted by Gasteiger charge is 2.41. The van der Waals surface area contributed by atoms with Crippen molar-refractivity contribution in [2.75, 3.05) is 6.26 Å². The van der Waals surface area contributed by atoms with Crippen LogP contribution in [0, 0.1) is 0 Å². The monoisotopic (exact) mass is 345 g/mol. The van der Waals surface area contributed by atoms with Crippen LogP contribution in [0.15, 0.2) is 27.7 Å². The first-order valence-corrected chi connectivity index (χ1v) is 8.11. The first-order chi connectivity index (χ1) is 8.63. The summed E-state index contributed by atoms with van der Waals surface area (Å²) < 4.78 is 28.5. The number of carbonyl (C=O) groups excluding carboxylic acids is 1. The molecule has 1 aliphatic rings. The Bertz CT molecular complexity index is 674. The van der Waals surface area contributed by atoms with Gasteiger partial charge in [0.2, 0.25) is 5.78 Å². The number of sulfone groups is 1. The van der Waals surface area contributed by atoms with Crippen LogP contribution in [0.1, 0.15) is 19.5 Å². The molecule has 0 saturated carbocycles. The van der Waals surface area contributed by atoms with Crippen LogP contribution in [0.5, 0.6) is 0 Å². The lowest BCUT2D eigenvalue weighted by molar-refractivity contribution is -0.125. The van der Waals surface area contributed by atoms with Crippen molar-refractivity contribution >= 4 is 37.3 Å². The molecular formula is C12H12BrNO4S. The van der Waals surface area contributed by atoms with Gasteiger partial charge in [0, 0.05) is 12.5 Å². The van der Waals surface area contributed by atoms with Gasteiger partial charge in [0.1, 0.15) is 10.2 Å². The average Bonchev–Trinajstić information content (AvgIpc) is 2.52. The summed E-state index contributed by atoms with van der Waals surface area (Å²) in [6.45, 7) is 3.32. The highest BCUT2D eigenvalue weighted by atomic mass is 79.9. The lowest BCUT2D eigenvalue weighted by Gasteiger charge is -2.17. The molecule has 19 heavy (non-hydrogen) atoms. The van der Waals surface area contributed by atoms with Crippen molar-refractivity contribution in [3.63, 3.8) is 0 Å². The third-order valence-electron chi connectivity index (χ3n) is 2.70. The Morgan fingerprint density at radius 1 is 1.32 bits per heavy atom. The summed E-state index contributed by atoms with van der Waals surface area (Å²) in [5.41, 5.74) is -0.524. The number of carbonyl (C=O) groups is 1. The van der Waals surface area contributed by atoms with Crippen molar-refractivity contribution < 1.29 is 17.9 Å². The van der Waals surface area contributed by atoms with Crippen molar-refractivity contribution in [3.05, 3.63) is 28.5 Å². The highest BCUT2D eigenvalue weighted by Crippen LogP contribution is 2.38. The number of rotatable bonds is 2. The third-order valence-corrected chi connectivity index (χ3v) is 4.52. The molecular weight excluding hydrogens is 334 g/mol. The van der Waals surface area contributed by atoms with Gasteiger partial charge in [0.05, 0.1) is 4.90 Å². The zero-order valence-electron chi connectivity index (χ0n) is 10.6. The minimum absolute atomic E-state index is 0.122. The van der Waals surface area contributed by atoms with Crippen LogP contribution in [-0.2, 0) is 19.4 Å². The molecule has 1 aromatic heterocycles. The summed E-state index contributed by atoms with van der Waals surface area (Å²) in [6, 6.07) is 2.95. The second-order valence-corrected chi connectivity index (χ2v) is 7.54. The van der Waals surface area contributed by atoms with Gasteiger partial charge >= 0.3 is 0 Å². The van der Waals surface area contributed by atoms with E-state index >= 15 is 0 Å². The standard InChI is InChI=1S/C12H12BrNO4S/c1-12(2)11(15)9(13)10(18-12)8-5-4-7(6-14-8)19(3,16)17/h4-6H,1-3H3. The van der Waals surface area contributed by atoms with Crippen molar-refractivity contribution in [1.82, 2.24) is 4.98 Å². The van der Waals surface area contributed by atoms with Gasteiger partial charge < -0.3 is 4.74 Å². The quantitative estimate of drug-likeness (QED) is 0.818. The van der Waals surface area contributed by atoms with Crippen LogP contribution in [0.3, 0.4) is 0 Å². The molecule has 0 bridgehead atoms. The lowest BCUT2D eigenvalue weighted by atomic mass is 10.1. The van der Waals surface area contributed by atoms with E-state index < -0.39 is 15.4 Å². The molecule has 0 aliphatic carbocycles. The second kappa shape index (κ2) is 4.42. The molecule has 0 spiro atoms. The molecule has 0 atom stereocenters. The molecule has 2 rings (SSSR count). The summed E-state index contributed by atoms with van der Waals surface area (Å²) in [4.78, 5) is 16.0. The Morgan fingerprint density at radius 3 is 2.32 bits per heavy atom. The summed E-state index contributed by atoms with van der Waals surface area (Å²) in [5, 5.41) is 0. The fourth-order valence-electron chi connectivity index (χ4n) is 1.61. The van der Waals surface area contributed by atoms with Crippen LogP contribution < -0.4 is 0 Å². The van der Waals surface area contributed by atoms with E-state index in [4.69, 9.17) is 4.74 Å². The maximum Gasteiger partial charge on any atom is 0.216 e. The van der Waals surface area contributed by atoms with Gasteiger partial charge in [0.25, 0.3) is 0 Å². The molecule has 0 amide bonds. The van der Waals surface area contributed by atoms with E-state index in [2.05, 4.69) is 20.9 Å². The molecule has 1 aliphatic heterocycles. The molecule has 0 N–H and O–H groups in total. The summed E-state index contributed by atoms with van der Waals surface area (Å²) in [5.74, 6) is 0.159. The van der Waals surface area contributed by atoms with E-state index in [9.17, 15) is 13.2 Å². The summed E-state index contributed by atoms with van der Waals surface area (Å²) >= 11 is 3.19. The molecule has 0 fully saturated rings. The average molecular weight is 346 g/mol. The minimum Gasteiger partial charge on any atom is -0.476 e. The van der Waals surface area contributed by atoms with E-state index in [1.165, 1.54) is 18.3 Å². The Morgan fingerprint density at radius 2 is 1.95 bits per heavy atom. The highest BCUT2D eigenvalue weighted by molar-refractivity contribution is 9.12. The number of hydrogen-bond acceptors (Lipinski definition) is 5. The molecule has 0 saturated heterocycles. The molecule has 2 heterocycles. The number of hydrogen-bond donors (Lipinski definition) is 0. The molecule has 102 valence electrons. The number of pyridine rings is 1. The Labute approximate surface area is 119 Å². The van der Waals surface area contributed by atoms with Gasteiger partial charge in [-0.3, -0.25) is 9.78 Å². The molecule has 0 unspecified atom stereocenters. The van der Waals surface area contributed by atoms with Crippen LogP contribution in [0.25, 0.3) is 5.76 Å². The zero-order valence-corrected chi connectivity index (χ0v) is 13.0. The van der Waals surface area contributed by atoms with Crippen molar-refractivity contribution in [2.24, 2.45) is 0 Å². The Balaban J connectivity index is 2.43. The summed E-state index contributed by atoms with van der Waals surface area (Å²) in [6.07, 6.45) is 2.36. The van der Waals surface area contributed by atoms with E-state index in [0.717, 1.165) is 6.26 Å². The fraction of sp³-hybridized carbons (Fsp3) is 0.333. The number of halogens is 1. The van der Waals surface area contributed by atoms with Gasteiger partial charge in [-0.25, -0.2) is 8.42 Å². The number of aromatic nitrogens is 1. The van der Waals surface area contributed by atoms with E-state index in [1.807, 2.05) is 0 Å².